The number of carbonyl (C=O) groups is 1. The molecular formula is C18H16Cl2F3N3O4. The van der Waals surface area contributed by atoms with E-state index in [1.54, 1.807) is 19.0 Å². The van der Waals surface area contributed by atoms with Crippen LogP contribution in [0.15, 0.2) is 30.3 Å². The summed E-state index contributed by atoms with van der Waals surface area (Å²) in [6.45, 7) is 0.0779. The van der Waals surface area contributed by atoms with Crippen molar-refractivity contribution in [2.45, 2.75) is 12.3 Å². The molecule has 0 aliphatic heterocycles. The third-order valence-electron chi connectivity index (χ3n) is 4.10. The number of hydrogen-bond donors (Lipinski definition) is 1. The highest BCUT2D eigenvalue weighted by molar-refractivity contribution is 6.42. The molecule has 2 aromatic carbocycles. The second-order valence-electron chi connectivity index (χ2n) is 6.53. The van der Waals surface area contributed by atoms with Crippen LogP contribution in [-0.2, 0) is 0 Å². The molecule has 0 bridgehead atoms. The van der Waals surface area contributed by atoms with Crippen LogP contribution in [0.3, 0.4) is 0 Å². The van der Waals surface area contributed by atoms with E-state index in [4.69, 9.17) is 28.9 Å². The number of nitro groups is 1. The van der Waals surface area contributed by atoms with E-state index in [9.17, 15) is 28.1 Å². The number of nitrogens with zero attached hydrogens (tertiary/aromatic N) is 2. The average Bonchev–Trinajstić information content (AvgIpc) is 2.59. The largest absolute Gasteiger partial charge is 0.573 e. The molecule has 30 heavy (non-hydrogen) atoms. The van der Waals surface area contributed by atoms with Gasteiger partial charge in [0.15, 0.2) is 0 Å². The summed E-state index contributed by atoms with van der Waals surface area (Å²) >= 11 is 12.0. The molecule has 0 radical (unpaired) electrons. The van der Waals surface area contributed by atoms with Crippen LogP contribution >= 0.6 is 23.2 Å². The molecule has 2 aromatic rings. The van der Waals surface area contributed by atoms with Crippen molar-refractivity contribution in [3.8, 4) is 5.75 Å². The van der Waals surface area contributed by atoms with E-state index in [1.165, 1.54) is 18.2 Å². The zero-order valence-corrected chi connectivity index (χ0v) is 17.2. The first kappa shape index (κ1) is 23.7. The van der Waals surface area contributed by atoms with Crippen molar-refractivity contribution in [1.29, 1.82) is 0 Å². The molecule has 162 valence electrons. The van der Waals surface area contributed by atoms with Crippen molar-refractivity contribution in [2.24, 2.45) is 5.73 Å². The summed E-state index contributed by atoms with van der Waals surface area (Å²) in [5, 5.41) is 12.1. The maximum Gasteiger partial charge on any atom is 0.573 e. The summed E-state index contributed by atoms with van der Waals surface area (Å²) in [5.41, 5.74) is 4.12. The second kappa shape index (κ2) is 9.07. The minimum Gasteiger partial charge on any atom is -0.398 e. The monoisotopic (exact) mass is 465 g/mol. The van der Waals surface area contributed by atoms with Crippen molar-refractivity contribution in [3.63, 3.8) is 0 Å². The number of nitrogens with two attached hydrogens (primary N) is 1. The third kappa shape index (κ3) is 5.53. The van der Waals surface area contributed by atoms with Gasteiger partial charge in [0.1, 0.15) is 0 Å². The SMILES string of the molecule is CN(C)CC(c1ccc(Cl)c(Cl)c1)c1c(C(N)=O)ccc(OC(F)(F)F)c1[N+](=O)[O-]. The Bertz CT molecular complexity index is 984. The molecule has 1 atom stereocenters. The van der Waals surface area contributed by atoms with Crippen LogP contribution in [0.5, 0.6) is 5.75 Å². The molecule has 1 amide bonds. The number of likely N-dealkylation sites (N-methyl/N-ethyl adjacent to an activating group) is 1. The summed E-state index contributed by atoms with van der Waals surface area (Å²) in [6.07, 6.45) is -5.18. The quantitative estimate of drug-likeness (QED) is 0.476. The molecule has 1 unspecified atom stereocenters. The Kier molecular flexibility index (Phi) is 7.17. The molecule has 0 spiro atoms. The number of amides is 1. The van der Waals surface area contributed by atoms with Gasteiger partial charge in [0, 0.05) is 12.5 Å². The molecule has 0 aliphatic carbocycles. The van der Waals surface area contributed by atoms with Gasteiger partial charge in [-0.25, -0.2) is 0 Å². The van der Waals surface area contributed by atoms with Crippen LogP contribution in [0.4, 0.5) is 18.9 Å². The Morgan fingerprint density at radius 3 is 2.33 bits per heavy atom. The fourth-order valence-corrected chi connectivity index (χ4v) is 3.32. The predicted molar refractivity (Wildman–Crippen MR) is 105 cm³/mol. The minimum absolute atomic E-state index is 0.0779. The predicted octanol–water partition coefficient (Wildman–Crippen LogP) is 4.59. The van der Waals surface area contributed by atoms with Crippen molar-refractivity contribution in [2.75, 3.05) is 20.6 Å². The first-order valence-electron chi connectivity index (χ1n) is 8.28. The lowest BCUT2D eigenvalue weighted by atomic mass is 9.85. The number of alkyl halides is 3. The first-order valence-corrected chi connectivity index (χ1v) is 9.04. The van der Waals surface area contributed by atoms with E-state index >= 15 is 0 Å². The van der Waals surface area contributed by atoms with Crippen LogP contribution in [-0.4, -0.2) is 42.7 Å². The molecule has 0 aromatic heterocycles. The fraction of sp³-hybridized carbons (Fsp3) is 0.278. The van der Waals surface area contributed by atoms with Crippen LogP contribution in [0, 0.1) is 10.1 Å². The van der Waals surface area contributed by atoms with E-state index in [2.05, 4.69) is 4.74 Å². The average molecular weight is 466 g/mol. The number of rotatable bonds is 7. The summed E-state index contributed by atoms with van der Waals surface area (Å²) in [5.74, 6) is -3.05. The topological polar surface area (TPSA) is 98.7 Å². The van der Waals surface area contributed by atoms with Gasteiger partial charge >= 0.3 is 12.0 Å². The Hall–Kier alpha value is -2.56. The molecule has 0 heterocycles. The van der Waals surface area contributed by atoms with Crippen LogP contribution in [0.2, 0.25) is 10.0 Å². The normalized spacial score (nSPS) is 12.7. The summed E-state index contributed by atoms with van der Waals surface area (Å²) in [4.78, 5) is 24.4. The van der Waals surface area contributed by atoms with Crippen molar-refractivity contribution >= 4 is 34.8 Å². The third-order valence-corrected chi connectivity index (χ3v) is 4.84. The lowest BCUT2D eigenvalue weighted by molar-refractivity contribution is -0.389. The highest BCUT2D eigenvalue weighted by Gasteiger charge is 2.39. The van der Waals surface area contributed by atoms with Crippen LogP contribution in [0.25, 0.3) is 0 Å². The Morgan fingerprint density at radius 1 is 1.23 bits per heavy atom. The van der Waals surface area contributed by atoms with Crippen LogP contribution < -0.4 is 10.5 Å². The molecular weight excluding hydrogens is 450 g/mol. The number of nitro benzene ring substituents is 1. The van der Waals surface area contributed by atoms with E-state index in [0.29, 0.717) is 11.6 Å². The molecule has 12 heteroatoms. The van der Waals surface area contributed by atoms with Gasteiger partial charge in [-0.05, 0) is 43.9 Å². The maximum absolute atomic E-state index is 12.8. The van der Waals surface area contributed by atoms with Gasteiger partial charge in [0.05, 0.1) is 26.1 Å². The van der Waals surface area contributed by atoms with Crippen molar-refractivity contribution < 1.29 is 27.6 Å². The number of ether oxygens (including phenoxy) is 1. The standard InChI is InChI=1S/C18H16Cl2F3N3O4/c1-25(2)8-11(9-3-5-12(19)13(20)7-9)15-10(17(24)27)4-6-14(16(15)26(28)29)30-18(21,22)23/h3-7,11H,8H2,1-2H3,(H2,24,27). The Labute approximate surface area is 179 Å². The molecule has 0 saturated carbocycles. The Morgan fingerprint density at radius 2 is 1.87 bits per heavy atom. The van der Waals surface area contributed by atoms with Gasteiger partial charge in [-0.15, -0.1) is 13.2 Å². The van der Waals surface area contributed by atoms with Crippen molar-refractivity contribution in [1.82, 2.24) is 4.90 Å². The second-order valence-corrected chi connectivity index (χ2v) is 7.35. The number of carbonyl (C=O) groups excluding carboxylic acids is 1. The van der Waals surface area contributed by atoms with E-state index in [1.807, 2.05) is 0 Å². The van der Waals surface area contributed by atoms with Crippen LogP contribution in [0.1, 0.15) is 27.4 Å². The molecule has 0 saturated heterocycles. The maximum atomic E-state index is 12.8. The number of primary amides is 1. The Balaban J connectivity index is 2.88. The smallest absolute Gasteiger partial charge is 0.398 e. The van der Waals surface area contributed by atoms with E-state index < -0.39 is 34.5 Å². The van der Waals surface area contributed by atoms with E-state index in [0.717, 1.165) is 6.07 Å². The highest BCUT2D eigenvalue weighted by Crippen LogP contribution is 2.43. The lowest BCUT2D eigenvalue weighted by Gasteiger charge is -2.24. The summed E-state index contributed by atoms with van der Waals surface area (Å²) < 4.78 is 42.3. The molecule has 0 aliphatic rings. The fourth-order valence-electron chi connectivity index (χ4n) is 3.01. The van der Waals surface area contributed by atoms with Gasteiger partial charge in [-0.1, -0.05) is 29.3 Å². The van der Waals surface area contributed by atoms with Gasteiger partial charge < -0.3 is 15.4 Å². The van der Waals surface area contributed by atoms with E-state index in [-0.39, 0.29) is 27.7 Å². The lowest BCUT2D eigenvalue weighted by Crippen LogP contribution is -2.26. The molecule has 2 rings (SSSR count). The van der Waals surface area contributed by atoms with Gasteiger partial charge in [0.25, 0.3) is 0 Å². The summed E-state index contributed by atoms with van der Waals surface area (Å²) in [7, 11) is 3.30. The zero-order chi connectivity index (χ0) is 22.8. The first-order chi connectivity index (χ1) is 13.8. The van der Waals surface area contributed by atoms with Gasteiger partial charge in [0.2, 0.25) is 11.7 Å². The molecule has 0 fully saturated rings. The number of hydrogen-bond acceptors (Lipinski definition) is 5. The number of halogens is 5. The van der Waals surface area contributed by atoms with Gasteiger partial charge in [-0.3, -0.25) is 14.9 Å². The molecule has 7 nitrogen and oxygen atoms in total. The number of benzene rings is 2. The highest BCUT2D eigenvalue weighted by atomic mass is 35.5. The van der Waals surface area contributed by atoms with Gasteiger partial charge in [-0.2, -0.15) is 0 Å². The molecule has 2 N–H and O–H groups in total. The van der Waals surface area contributed by atoms with Crippen molar-refractivity contribution in [3.05, 3.63) is 67.2 Å². The minimum atomic E-state index is -5.18. The zero-order valence-electron chi connectivity index (χ0n) is 15.7. The summed E-state index contributed by atoms with van der Waals surface area (Å²) in [6, 6.07) is 6.02.